The number of ether oxygens (including phenoxy) is 3. The van der Waals surface area contributed by atoms with Gasteiger partial charge in [0.2, 0.25) is 18.6 Å². The number of carbonyl (C=O) groups excluding carboxylic acids is 2. The third-order valence-electron chi connectivity index (χ3n) is 4.15. The summed E-state index contributed by atoms with van der Waals surface area (Å²) >= 11 is 0. The molecule has 0 radical (unpaired) electrons. The molecule has 0 spiro atoms. The molecule has 0 aliphatic carbocycles. The molecule has 2 amide bonds. The van der Waals surface area contributed by atoms with Crippen LogP contribution in [0.15, 0.2) is 42.5 Å². The zero-order valence-corrected chi connectivity index (χ0v) is 15.1. The second-order valence-corrected chi connectivity index (χ2v) is 6.09. The Morgan fingerprint density at radius 3 is 2.15 bits per heavy atom. The van der Waals surface area contributed by atoms with Gasteiger partial charge in [-0.2, -0.15) is 0 Å². The van der Waals surface area contributed by atoms with Crippen molar-refractivity contribution >= 4 is 11.8 Å². The molecule has 0 bridgehead atoms. The summed E-state index contributed by atoms with van der Waals surface area (Å²) in [5, 5.41) is 5.61. The van der Waals surface area contributed by atoms with Crippen LogP contribution in [0.3, 0.4) is 0 Å². The highest BCUT2D eigenvalue weighted by atomic mass is 16.7. The Hall–Kier alpha value is -3.22. The SMILES string of the molecule is COc1ccc(CNC(=O)CCC(=O)NCc2ccc3c(c2)OCO3)cc1. The number of rotatable bonds is 8. The van der Waals surface area contributed by atoms with Crippen LogP contribution >= 0.6 is 0 Å². The molecule has 1 heterocycles. The Morgan fingerprint density at radius 1 is 0.889 bits per heavy atom. The molecule has 7 nitrogen and oxygen atoms in total. The van der Waals surface area contributed by atoms with Gasteiger partial charge in [0.25, 0.3) is 0 Å². The van der Waals surface area contributed by atoms with Crippen molar-refractivity contribution in [2.75, 3.05) is 13.9 Å². The van der Waals surface area contributed by atoms with Crippen molar-refractivity contribution in [3.8, 4) is 17.2 Å². The van der Waals surface area contributed by atoms with Crippen LogP contribution in [0.2, 0.25) is 0 Å². The Bertz CT molecular complexity index is 805. The first-order chi connectivity index (χ1) is 13.1. The lowest BCUT2D eigenvalue weighted by atomic mass is 10.2. The summed E-state index contributed by atoms with van der Waals surface area (Å²) in [6.45, 7) is 1.02. The molecule has 1 aliphatic heterocycles. The van der Waals surface area contributed by atoms with Gasteiger partial charge in [0.05, 0.1) is 7.11 Å². The van der Waals surface area contributed by atoms with Crippen molar-refractivity contribution in [3.63, 3.8) is 0 Å². The van der Waals surface area contributed by atoms with Crippen molar-refractivity contribution < 1.29 is 23.8 Å². The molecule has 1 aliphatic rings. The average molecular weight is 370 g/mol. The first-order valence-electron chi connectivity index (χ1n) is 8.69. The van der Waals surface area contributed by atoms with Gasteiger partial charge in [-0.1, -0.05) is 18.2 Å². The Balaban J connectivity index is 1.35. The molecule has 0 fully saturated rings. The van der Waals surface area contributed by atoms with Gasteiger partial charge in [-0.05, 0) is 35.4 Å². The Morgan fingerprint density at radius 2 is 1.48 bits per heavy atom. The van der Waals surface area contributed by atoms with Crippen LogP contribution in [-0.2, 0) is 22.7 Å². The Kier molecular flexibility index (Phi) is 6.14. The lowest BCUT2D eigenvalue weighted by Gasteiger charge is -2.08. The number of hydrogen-bond donors (Lipinski definition) is 2. The summed E-state index contributed by atoms with van der Waals surface area (Å²) in [6, 6.07) is 13.0. The second-order valence-electron chi connectivity index (χ2n) is 6.09. The summed E-state index contributed by atoms with van der Waals surface area (Å²) in [4.78, 5) is 23.8. The van der Waals surface area contributed by atoms with Gasteiger partial charge in [0.1, 0.15) is 5.75 Å². The number of methoxy groups -OCH3 is 1. The average Bonchev–Trinajstić information content (AvgIpc) is 3.17. The normalized spacial score (nSPS) is 11.7. The number of benzene rings is 2. The maximum absolute atomic E-state index is 11.9. The summed E-state index contributed by atoms with van der Waals surface area (Å²) in [7, 11) is 1.61. The van der Waals surface area contributed by atoms with Crippen LogP contribution < -0.4 is 24.8 Å². The lowest BCUT2D eigenvalue weighted by Crippen LogP contribution is -2.27. The molecule has 0 atom stereocenters. The van der Waals surface area contributed by atoms with Crippen LogP contribution in [0.4, 0.5) is 0 Å². The molecule has 0 saturated carbocycles. The van der Waals surface area contributed by atoms with Crippen LogP contribution in [0.5, 0.6) is 17.2 Å². The minimum absolute atomic E-state index is 0.138. The zero-order chi connectivity index (χ0) is 19.1. The van der Waals surface area contributed by atoms with Crippen molar-refractivity contribution in [1.29, 1.82) is 0 Å². The quantitative estimate of drug-likeness (QED) is 0.744. The predicted molar refractivity (Wildman–Crippen MR) is 98.5 cm³/mol. The fourth-order valence-electron chi connectivity index (χ4n) is 2.60. The topological polar surface area (TPSA) is 85.9 Å². The number of amides is 2. The fraction of sp³-hybridized carbons (Fsp3) is 0.300. The molecule has 2 aromatic carbocycles. The van der Waals surface area contributed by atoms with Crippen LogP contribution in [0.25, 0.3) is 0 Å². The fourth-order valence-corrected chi connectivity index (χ4v) is 2.60. The number of carbonyl (C=O) groups is 2. The van der Waals surface area contributed by atoms with E-state index in [2.05, 4.69) is 10.6 Å². The van der Waals surface area contributed by atoms with Crippen molar-refractivity contribution in [2.45, 2.75) is 25.9 Å². The standard InChI is InChI=1S/C20H22N2O5/c1-25-16-5-2-14(3-6-16)11-21-19(23)8-9-20(24)22-12-15-4-7-17-18(10-15)27-13-26-17/h2-7,10H,8-9,11-13H2,1H3,(H,21,23)(H,22,24). The molecule has 0 unspecified atom stereocenters. The van der Waals surface area contributed by atoms with E-state index in [0.717, 1.165) is 16.9 Å². The first-order valence-corrected chi connectivity index (χ1v) is 8.69. The van der Waals surface area contributed by atoms with Crippen LogP contribution in [0.1, 0.15) is 24.0 Å². The van der Waals surface area contributed by atoms with Gasteiger partial charge in [0.15, 0.2) is 11.5 Å². The molecule has 2 aromatic rings. The van der Waals surface area contributed by atoms with Gasteiger partial charge in [-0.25, -0.2) is 0 Å². The second kappa shape index (κ2) is 8.93. The highest BCUT2D eigenvalue weighted by Crippen LogP contribution is 2.32. The summed E-state index contributed by atoms with van der Waals surface area (Å²) in [5.41, 5.74) is 1.88. The molecular weight excluding hydrogens is 348 g/mol. The summed E-state index contributed by atoms with van der Waals surface area (Å²) < 4.78 is 15.6. The van der Waals surface area contributed by atoms with Gasteiger partial charge in [-0.3, -0.25) is 9.59 Å². The molecule has 3 rings (SSSR count). The number of fused-ring (bicyclic) bond motifs is 1. The summed E-state index contributed by atoms with van der Waals surface area (Å²) in [5.74, 6) is 1.82. The van der Waals surface area contributed by atoms with Gasteiger partial charge >= 0.3 is 0 Å². The summed E-state index contributed by atoms with van der Waals surface area (Å²) in [6.07, 6.45) is 0.280. The zero-order valence-electron chi connectivity index (χ0n) is 15.1. The monoisotopic (exact) mass is 370 g/mol. The highest BCUT2D eigenvalue weighted by Gasteiger charge is 2.13. The third kappa shape index (κ3) is 5.37. The number of hydrogen-bond acceptors (Lipinski definition) is 5. The van der Waals surface area contributed by atoms with E-state index < -0.39 is 0 Å². The van der Waals surface area contributed by atoms with Gasteiger partial charge in [-0.15, -0.1) is 0 Å². The minimum Gasteiger partial charge on any atom is -0.497 e. The van der Waals surface area contributed by atoms with Crippen LogP contribution in [-0.4, -0.2) is 25.7 Å². The molecule has 142 valence electrons. The van der Waals surface area contributed by atoms with E-state index in [1.807, 2.05) is 42.5 Å². The van der Waals surface area contributed by atoms with E-state index in [1.165, 1.54) is 0 Å². The predicted octanol–water partition coefficient (Wildman–Crippen LogP) is 2.14. The van der Waals surface area contributed by atoms with E-state index in [0.29, 0.717) is 24.6 Å². The maximum Gasteiger partial charge on any atom is 0.231 e. The van der Waals surface area contributed by atoms with E-state index >= 15 is 0 Å². The van der Waals surface area contributed by atoms with E-state index in [1.54, 1.807) is 7.11 Å². The van der Waals surface area contributed by atoms with Crippen molar-refractivity contribution in [3.05, 3.63) is 53.6 Å². The van der Waals surface area contributed by atoms with Crippen molar-refractivity contribution in [2.24, 2.45) is 0 Å². The number of nitrogens with one attached hydrogen (secondary N) is 2. The molecule has 0 saturated heterocycles. The van der Waals surface area contributed by atoms with Gasteiger partial charge in [0, 0.05) is 25.9 Å². The lowest BCUT2D eigenvalue weighted by molar-refractivity contribution is -0.126. The molecule has 27 heavy (non-hydrogen) atoms. The largest absolute Gasteiger partial charge is 0.497 e. The maximum atomic E-state index is 11.9. The Labute approximate surface area is 157 Å². The van der Waals surface area contributed by atoms with Crippen molar-refractivity contribution in [1.82, 2.24) is 10.6 Å². The first kappa shape index (κ1) is 18.6. The minimum atomic E-state index is -0.174. The van der Waals surface area contributed by atoms with Gasteiger partial charge < -0.3 is 24.8 Å². The van der Waals surface area contributed by atoms with Crippen LogP contribution in [0, 0.1) is 0 Å². The molecule has 2 N–H and O–H groups in total. The molecule has 7 heteroatoms. The molecule has 0 aromatic heterocycles. The third-order valence-corrected chi connectivity index (χ3v) is 4.15. The van der Waals surface area contributed by atoms with E-state index in [-0.39, 0.29) is 31.4 Å². The molecular formula is C20H22N2O5. The highest BCUT2D eigenvalue weighted by molar-refractivity contribution is 5.83. The smallest absolute Gasteiger partial charge is 0.231 e. The van der Waals surface area contributed by atoms with E-state index in [4.69, 9.17) is 14.2 Å². The van der Waals surface area contributed by atoms with E-state index in [9.17, 15) is 9.59 Å².